The van der Waals surface area contributed by atoms with E-state index in [1.807, 2.05) is 13.8 Å². The van der Waals surface area contributed by atoms with Crippen LogP contribution >= 0.6 is 0 Å². The van der Waals surface area contributed by atoms with Crippen molar-refractivity contribution in [3.8, 4) is 0 Å². The molecule has 0 spiro atoms. The molecule has 0 radical (unpaired) electrons. The second-order valence-electron chi connectivity index (χ2n) is 3.17. The molecule has 4 nitrogen and oxygen atoms in total. The molecule has 1 atom stereocenters. The van der Waals surface area contributed by atoms with E-state index in [0.29, 0.717) is 5.69 Å². The zero-order chi connectivity index (χ0) is 12.7. The number of carbonyl (C=O) groups is 1. The van der Waals surface area contributed by atoms with Gasteiger partial charge in [-0.25, -0.2) is 0 Å². The molecular weight excluding hydrogens is 204 g/mol. The Bertz CT molecular complexity index is 396. The van der Waals surface area contributed by atoms with Crippen LogP contribution in [0.25, 0.3) is 0 Å². The summed E-state index contributed by atoms with van der Waals surface area (Å²) in [6.45, 7) is 7.19. The quantitative estimate of drug-likeness (QED) is 0.855. The van der Waals surface area contributed by atoms with Gasteiger partial charge in [0.05, 0.1) is 6.04 Å². The van der Waals surface area contributed by atoms with Gasteiger partial charge in [0, 0.05) is 13.2 Å². The normalized spacial score (nSPS) is 11.1. The molecule has 0 aliphatic rings. The van der Waals surface area contributed by atoms with Crippen LogP contribution in [0, 0.1) is 0 Å². The predicted octanol–water partition coefficient (Wildman–Crippen LogP) is 2.07. The van der Waals surface area contributed by atoms with Crippen LogP contribution in [-0.4, -0.2) is 17.4 Å². The smallest absolute Gasteiger partial charge is 0.274 e. The molecule has 1 rings (SSSR count). The second-order valence-corrected chi connectivity index (χ2v) is 3.17. The number of ketones is 1. The Morgan fingerprint density at radius 3 is 2.44 bits per heavy atom. The highest BCUT2D eigenvalue weighted by Gasteiger charge is 2.12. The molecule has 0 bridgehead atoms. The molecule has 90 valence electrons. The average molecular weight is 224 g/mol. The first-order chi connectivity index (χ1) is 7.57. The highest BCUT2D eigenvalue weighted by atomic mass is 16.1. The molecular formula is C12H20N2O2. The number of carbonyl (C=O) groups excluding carboxylic acids is 1. The number of hydrogen-bond acceptors (Lipinski definition) is 3. The van der Waals surface area contributed by atoms with Crippen LogP contribution in [0.4, 0.5) is 5.69 Å². The van der Waals surface area contributed by atoms with E-state index >= 15 is 0 Å². The fourth-order valence-electron chi connectivity index (χ4n) is 1.20. The molecule has 4 heteroatoms. The highest BCUT2D eigenvalue weighted by Crippen LogP contribution is 2.05. The zero-order valence-electron chi connectivity index (χ0n) is 10.6. The lowest BCUT2D eigenvalue weighted by atomic mass is 10.2. The van der Waals surface area contributed by atoms with Gasteiger partial charge in [0.25, 0.3) is 5.56 Å². The third-order valence-electron chi connectivity index (χ3n) is 2.25. The van der Waals surface area contributed by atoms with Crippen molar-refractivity contribution in [3.05, 3.63) is 28.7 Å². The number of rotatable bonds is 3. The van der Waals surface area contributed by atoms with Gasteiger partial charge in [-0.15, -0.1) is 0 Å². The number of aromatic nitrogens is 1. The first kappa shape index (κ1) is 14.4. The number of anilines is 1. The largest absolute Gasteiger partial charge is 0.384 e. The van der Waals surface area contributed by atoms with Crippen LogP contribution in [0.3, 0.4) is 0 Å². The third kappa shape index (κ3) is 3.22. The van der Waals surface area contributed by atoms with Gasteiger partial charge < -0.3 is 9.88 Å². The number of nitrogens with zero attached hydrogens (tertiary/aromatic N) is 1. The van der Waals surface area contributed by atoms with Crippen molar-refractivity contribution in [1.29, 1.82) is 0 Å². The minimum absolute atomic E-state index is 0.0275. The SMILES string of the molecule is CC.CNc1cccn(C(C)C(C)=O)c1=O. The van der Waals surface area contributed by atoms with Crippen molar-refractivity contribution in [3.63, 3.8) is 0 Å². The summed E-state index contributed by atoms with van der Waals surface area (Å²) < 4.78 is 1.42. The summed E-state index contributed by atoms with van der Waals surface area (Å²) in [5, 5.41) is 2.78. The molecule has 1 unspecified atom stereocenters. The Balaban J connectivity index is 0.00000106. The van der Waals surface area contributed by atoms with Crippen molar-refractivity contribution in [2.24, 2.45) is 0 Å². The lowest BCUT2D eigenvalue weighted by molar-refractivity contribution is -0.119. The van der Waals surface area contributed by atoms with Crippen LogP contribution in [0.15, 0.2) is 23.1 Å². The topological polar surface area (TPSA) is 51.1 Å². The van der Waals surface area contributed by atoms with E-state index in [2.05, 4.69) is 5.32 Å². The number of nitrogens with one attached hydrogen (secondary N) is 1. The second kappa shape index (κ2) is 6.82. The van der Waals surface area contributed by atoms with Gasteiger partial charge in [0.15, 0.2) is 5.78 Å². The Morgan fingerprint density at radius 1 is 1.44 bits per heavy atom. The summed E-state index contributed by atoms with van der Waals surface area (Å²) in [7, 11) is 1.68. The molecule has 0 amide bonds. The maximum absolute atomic E-state index is 11.7. The van der Waals surface area contributed by atoms with Gasteiger partial charge in [0.1, 0.15) is 5.69 Å². The fraction of sp³-hybridized carbons (Fsp3) is 0.500. The van der Waals surface area contributed by atoms with Crippen molar-refractivity contribution in [1.82, 2.24) is 4.57 Å². The number of hydrogen-bond donors (Lipinski definition) is 1. The molecule has 16 heavy (non-hydrogen) atoms. The molecule has 0 fully saturated rings. The van der Waals surface area contributed by atoms with Crippen LogP contribution < -0.4 is 10.9 Å². The molecule has 0 saturated heterocycles. The molecule has 1 aromatic heterocycles. The van der Waals surface area contributed by atoms with Gasteiger partial charge >= 0.3 is 0 Å². The van der Waals surface area contributed by atoms with Gasteiger partial charge in [-0.2, -0.15) is 0 Å². The van der Waals surface area contributed by atoms with Gasteiger partial charge in [-0.1, -0.05) is 13.8 Å². The van der Waals surface area contributed by atoms with Crippen molar-refractivity contribution < 1.29 is 4.79 Å². The Hall–Kier alpha value is -1.58. The Labute approximate surface area is 96.3 Å². The fourth-order valence-corrected chi connectivity index (χ4v) is 1.20. The van der Waals surface area contributed by atoms with Crippen LogP contribution in [0.1, 0.15) is 33.7 Å². The number of pyridine rings is 1. The van der Waals surface area contributed by atoms with E-state index < -0.39 is 6.04 Å². The van der Waals surface area contributed by atoms with Gasteiger partial charge in [-0.3, -0.25) is 9.59 Å². The Morgan fingerprint density at radius 2 is 2.00 bits per heavy atom. The molecule has 0 aliphatic carbocycles. The summed E-state index contributed by atoms with van der Waals surface area (Å²) in [5.41, 5.74) is 0.332. The minimum atomic E-state index is -0.407. The van der Waals surface area contributed by atoms with Gasteiger partial charge in [-0.05, 0) is 26.0 Å². The molecule has 1 heterocycles. The van der Waals surface area contributed by atoms with E-state index in [4.69, 9.17) is 0 Å². The molecule has 1 aromatic rings. The minimum Gasteiger partial charge on any atom is -0.384 e. The average Bonchev–Trinajstić information content (AvgIpc) is 2.31. The maximum atomic E-state index is 11.7. The van der Waals surface area contributed by atoms with Crippen LogP contribution in [0.5, 0.6) is 0 Å². The standard InChI is InChI=1S/C10H14N2O2.C2H6/c1-7(8(2)13)12-6-4-5-9(11-3)10(12)14;1-2/h4-7,11H,1-3H3;1-2H3. The summed E-state index contributed by atoms with van der Waals surface area (Å²) in [4.78, 5) is 22.8. The third-order valence-corrected chi connectivity index (χ3v) is 2.25. The van der Waals surface area contributed by atoms with E-state index in [-0.39, 0.29) is 11.3 Å². The first-order valence-electron chi connectivity index (χ1n) is 5.47. The van der Waals surface area contributed by atoms with E-state index in [1.54, 1.807) is 32.3 Å². The van der Waals surface area contributed by atoms with E-state index in [9.17, 15) is 9.59 Å². The van der Waals surface area contributed by atoms with Crippen molar-refractivity contribution in [2.75, 3.05) is 12.4 Å². The Kier molecular flexibility index (Phi) is 6.15. The van der Waals surface area contributed by atoms with Crippen molar-refractivity contribution >= 4 is 11.5 Å². The molecule has 1 N–H and O–H groups in total. The lowest BCUT2D eigenvalue weighted by Crippen LogP contribution is -2.27. The number of Topliss-reactive ketones (excluding diaryl/α,β-unsaturated/α-hetero) is 1. The summed E-state index contributed by atoms with van der Waals surface area (Å²) in [5.74, 6) is -0.0275. The predicted molar refractivity (Wildman–Crippen MR) is 67.0 cm³/mol. The molecule has 0 saturated carbocycles. The maximum Gasteiger partial charge on any atom is 0.274 e. The van der Waals surface area contributed by atoms with Crippen molar-refractivity contribution in [2.45, 2.75) is 33.7 Å². The van der Waals surface area contributed by atoms with Crippen LogP contribution in [0.2, 0.25) is 0 Å². The lowest BCUT2D eigenvalue weighted by Gasteiger charge is -2.12. The summed E-state index contributed by atoms with van der Waals surface area (Å²) in [6.07, 6.45) is 1.62. The molecule has 0 aromatic carbocycles. The summed E-state index contributed by atoms with van der Waals surface area (Å²) >= 11 is 0. The van der Waals surface area contributed by atoms with E-state index in [0.717, 1.165) is 0 Å². The highest BCUT2D eigenvalue weighted by molar-refractivity contribution is 5.79. The first-order valence-corrected chi connectivity index (χ1v) is 5.47. The zero-order valence-corrected chi connectivity index (χ0v) is 10.6. The molecule has 0 aliphatic heterocycles. The van der Waals surface area contributed by atoms with Gasteiger partial charge in [0.2, 0.25) is 0 Å². The van der Waals surface area contributed by atoms with E-state index in [1.165, 1.54) is 11.5 Å². The summed E-state index contributed by atoms with van der Waals surface area (Å²) in [6, 6.07) is 3.02. The monoisotopic (exact) mass is 224 g/mol. The van der Waals surface area contributed by atoms with Crippen LogP contribution in [-0.2, 0) is 4.79 Å².